The van der Waals surface area contributed by atoms with Crippen molar-refractivity contribution < 1.29 is 19.1 Å². The zero-order valence-electron chi connectivity index (χ0n) is 19.0. The highest BCUT2D eigenvalue weighted by atomic mass is 79.9. The number of carbonyl (C=O) groups excluding carboxylic acids is 2. The first-order chi connectivity index (χ1) is 16.9. The van der Waals surface area contributed by atoms with E-state index in [1.54, 1.807) is 30.3 Å². The number of para-hydroxylation sites is 1. The molecule has 0 aromatic heterocycles. The van der Waals surface area contributed by atoms with Crippen LogP contribution in [-0.2, 0) is 4.79 Å². The van der Waals surface area contributed by atoms with Gasteiger partial charge in [0.05, 0.1) is 16.6 Å². The first-order valence-corrected chi connectivity index (χ1v) is 13.0. The fraction of sp³-hybridized carbons (Fsp3) is 0.240. The number of hydrogen-bond donors (Lipinski definition) is 3. The Morgan fingerprint density at radius 3 is 2.54 bits per heavy atom. The molecule has 0 aliphatic heterocycles. The summed E-state index contributed by atoms with van der Waals surface area (Å²) in [4.78, 5) is 24.8. The summed E-state index contributed by atoms with van der Waals surface area (Å²) in [6, 6.07) is 16.5. The van der Waals surface area contributed by atoms with Gasteiger partial charge in [0.2, 0.25) is 0 Å². The second-order valence-corrected chi connectivity index (χ2v) is 9.66. The molecule has 7 nitrogen and oxygen atoms in total. The number of ether oxygens (including phenoxy) is 2. The highest BCUT2D eigenvalue weighted by Gasteiger charge is 2.14. The predicted octanol–water partition coefficient (Wildman–Crippen LogP) is 5.65. The molecule has 0 aliphatic carbocycles. The number of carbonyl (C=O) groups is 2. The van der Waals surface area contributed by atoms with Gasteiger partial charge in [0.1, 0.15) is 11.5 Å². The summed E-state index contributed by atoms with van der Waals surface area (Å²) < 4.78 is 13.1. The molecule has 3 aromatic carbocycles. The SMILES string of the molecule is CCCCCOc1ccccc1C(=O)NC(=S)NNC(=O)COc1ccc2cc(Br)ccc2c1Br. The zero-order valence-corrected chi connectivity index (χ0v) is 23.0. The quantitative estimate of drug-likeness (QED) is 0.162. The fourth-order valence-electron chi connectivity index (χ4n) is 3.18. The largest absolute Gasteiger partial charge is 0.493 e. The maximum absolute atomic E-state index is 12.6. The van der Waals surface area contributed by atoms with Gasteiger partial charge in [0.25, 0.3) is 11.8 Å². The van der Waals surface area contributed by atoms with Gasteiger partial charge in [0, 0.05) is 4.47 Å². The average molecular weight is 623 g/mol. The number of thiocarbonyl (C=S) groups is 1. The number of nitrogens with one attached hydrogen (secondary N) is 3. The first-order valence-electron chi connectivity index (χ1n) is 11.0. The Labute approximate surface area is 226 Å². The second-order valence-electron chi connectivity index (χ2n) is 7.54. The summed E-state index contributed by atoms with van der Waals surface area (Å²) >= 11 is 12.1. The van der Waals surface area contributed by atoms with E-state index < -0.39 is 11.8 Å². The van der Waals surface area contributed by atoms with Crippen molar-refractivity contribution in [3.8, 4) is 11.5 Å². The monoisotopic (exact) mass is 621 g/mol. The Hall–Kier alpha value is -2.69. The van der Waals surface area contributed by atoms with Crippen molar-refractivity contribution in [2.45, 2.75) is 26.2 Å². The molecule has 0 unspecified atom stereocenters. The molecular formula is C25H25Br2N3O4S. The van der Waals surface area contributed by atoms with Crippen LogP contribution in [0.3, 0.4) is 0 Å². The lowest BCUT2D eigenvalue weighted by atomic mass is 10.1. The number of benzene rings is 3. The lowest BCUT2D eigenvalue weighted by molar-refractivity contribution is -0.123. The third-order valence-corrected chi connectivity index (χ3v) is 6.43. The van der Waals surface area contributed by atoms with Gasteiger partial charge in [-0.3, -0.25) is 25.8 Å². The summed E-state index contributed by atoms with van der Waals surface area (Å²) in [5.41, 5.74) is 5.28. The molecular weight excluding hydrogens is 598 g/mol. The molecule has 3 rings (SSSR count). The van der Waals surface area contributed by atoms with Crippen LogP contribution in [0.1, 0.15) is 36.5 Å². The molecule has 0 spiro atoms. The van der Waals surface area contributed by atoms with Crippen molar-refractivity contribution in [1.82, 2.24) is 16.2 Å². The fourth-order valence-corrected chi connectivity index (χ4v) is 4.31. The Morgan fingerprint density at radius 1 is 0.943 bits per heavy atom. The van der Waals surface area contributed by atoms with E-state index in [0.29, 0.717) is 23.7 Å². The summed E-state index contributed by atoms with van der Waals surface area (Å²) in [5, 5.41) is 4.47. The van der Waals surface area contributed by atoms with E-state index >= 15 is 0 Å². The van der Waals surface area contributed by atoms with Gasteiger partial charge >= 0.3 is 0 Å². The van der Waals surface area contributed by atoms with Gasteiger partial charge in [-0.05, 0) is 75.7 Å². The summed E-state index contributed by atoms with van der Waals surface area (Å²) in [6.07, 6.45) is 3.05. The molecule has 0 fully saturated rings. The van der Waals surface area contributed by atoms with Gasteiger partial charge in [-0.1, -0.05) is 60.0 Å². The Bertz CT molecular complexity index is 1220. The standard InChI is InChI=1S/C25H25Br2N3O4S/c1-2-3-6-13-33-20-8-5-4-7-19(20)24(32)28-25(35)30-29-22(31)15-34-21-12-9-16-14-17(26)10-11-18(16)23(21)27/h4-5,7-12,14H,2-3,6,13,15H2,1H3,(H,29,31)(H2,28,30,32,35). The van der Waals surface area contributed by atoms with Crippen molar-refractivity contribution in [1.29, 1.82) is 0 Å². The van der Waals surface area contributed by atoms with E-state index in [9.17, 15) is 9.59 Å². The average Bonchev–Trinajstić information content (AvgIpc) is 2.85. The number of hydrogen-bond acceptors (Lipinski definition) is 5. The van der Waals surface area contributed by atoms with Crippen LogP contribution in [0.25, 0.3) is 10.8 Å². The summed E-state index contributed by atoms with van der Waals surface area (Å²) in [6.45, 7) is 2.39. The van der Waals surface area contributed by atoms with Crippen LogP contribution in [0.5, 0.6) is 11.5 Å². The van der Waals surface area contributed by atoms with Gasteiger partial charge in [-0.2, -0.15) is 0 Å². The number of rotatable bonds is 9. The molecule has 10 heteroatoms. The minimum atomic E-state index is -0.468. The molecule has 184 valence electrons. The highest BCUT2D eigenvalue weighted by molar-refractivity contribution is 9.11. The number of fused-ring (bicyclic) bond motifs is 1. The molecule has 3 aromatic rings. The summed E-state index contributed by atoms with van der Waals surface area (Å²) in [5.74, 6) is 0.103. The van der Waals surface area contributed by atoms with Crippen molar-refractivity contribution in [2.24, 2.45) is 0 Å². The van der Waals surface area contributed by atoms with E-state index in [1.165, 1.54) is 0 Å². The van der Waals surface area contributed by atoms with Crippen molar-refractivity contribution in [3.05, 3.63) is 69.1 Å². The highest BCUT2D eigenvalue weighted by Crippen LogP contribution is 2.34. The Kier molecular flexibility index (Phi) is 10.3. The van der Waals surface area contributed by atoms with Gasteiger partial charge in [-0.15, -0.1) is 0 Å². The molecule has 0 heterocycles. The van der Waals surface area contributed by atoms with Gasteiger partial charge in [0.15, 0.2) is 11.7 Å². The van der Waals surface area contributed by atoms with Gasteiger partial charge < -0.3 is 9.47 Å². The van der Waals surface area contributed by atoms with E-state index in [4.69, 9.17) is 21.7 Å². The lowest BCUT2D eigenvalue weighted by Crippen LogP contribution is -2.49. The second kappa shape index (κ2) is 13.4. The van der Waals surface area contributed by atoms with Crippen LogP contribution in [0.2, 0.25) is 0 Å². The molecule has 0 radical (unpaired) electrons. The topological polar surface area (TPSA) is 88.7 Å². The lowest BCUT2D eigenvalue weighted by Gasteiger charge is -2.14. The van der Waals surface area contributed by atoms with Crippen LogP contribution in [0.15, 0.2) is 63.5 Å². The number of amides is 2. The molecule has 0 bridgehead atoms. The molecule has 0 atom stereocenters. The minimum absolute atomic E-state index is 0.0541. The first kappa shape index (κ1) is 26.9. The third kappa shape index (κ3) is 7.91. The smallest absolute Gasteiger partial charge is 0.276 e. The maximum Gasteiger partial charge on any atom is 0.276 e. The molecule has 0 saturated heterocycles. The predicted molar refractivity (Wildman–Crippen MR) is 148 cm³/mol. The molecule has 0 saturated carbocycles. The van der Waals surface area contributed by atoms with Crippen LogP contribution in [-0.4, -0.2) is 30.1 Å². The van der Waals surface area contributed by atoms with Gasteiger partial charge in [-0.25, -0.2) is 0 Å². The number of halogens is 2. The molecule has 3 N–H and O–H groups in total. The maximum atomic E-state index is 12.6. The van der Waals surface area contributed by atoms with Crippen molar-refractivity contribution >= 4 is 71.8 Å². The Balaban J connectivity index is 1.47. The normalized spacial score (nSPS) is 10.5. The number of hydrazine groups is 1. The van der Waals surface area contributed by atoms with E-state index in [-0.39, 0.29) is 11.7 Å². The van der Waals surface area contributed by atoms with Crippen LogP contribution >= 0.6 is 44.1 Å². The molecule has 35 heavy (non-hydrogen) atoms. The van der Waals surface area contributed by atoms with Crippen molar-refractivity contribution in [3.63, 3.8) is 0 Å². The van der Waals surface area contributed by atoms with Crippen molar-refractivity contribution in [2.75, 3.05) is 13.2 Å². The summed E-state index contributed by atoms with van der Waals surface area (Å²) in [7, 11) is 0. The molecule has 0 aliphatic rings. The van der Waals surface area contributed by atoms with E-state index in [1.807, 2.05) is 24.3 Å². The van der Waals surface area contributed by atoms with E-state index in [0.717, 1.165) is 39.0 Å². The van der Waals surface area contributed by atoms with E-state index in [2.05, 4.69) is 55.0 Å². The zero-order chi connectivity index (χ0) is 25.2. The molecule has 2 amide bonds. The minimum Gasteiger partial charge on any atom is -0.493 e. The Morgan fingerprint density at radius 2 is 1.74 bits per heavy atom. The third-order valence-electron chi connectivity index (χ3n) is 4.92. The van der Waals surface area contributed by atoms with Crippen LogP contribution in [0, 0.1) is 0 Å². The van der Waals surface area contributed by atoms with Crippen LogP contribution < -0.4 is 25.6 Å². The van der Waals surface area contributed by atoms with Crippen LogP contribution in [0.4, 0.5) is 0 Å². The number of unbranched alkanes of at least 4 members (excludes halogenated alkanes) is 2.